The molecule has 0 aliphatic carbocycles. The second-order valence-corrected chi connectivity index (χ2v) is 6.07. The van der Waals surface area contributed by atoms with Crippen LogP contribution in [0.5, 0.6) is 5.75 Å². The van der Waals surface area contributed by atoms with Gasteiger partial charge < -0.3 is 9.67 Å². The molecule has 24 heavy (non-hydrogen) atoms. The van der Waals surface area contributed by atoms with Gasteiger partial charge in [-0.1, -0.05) is 23.2 Å². The Morgan fingerprint density at radius 2 is 1.96 bits per heavy atom. The van der Waals surface area contributed by atoms with Crippen LogP contribution in [0.1, 0.15) is 35.8 Å². The quantitative estimate of drug-likeness (QED) is 0.642. The fraction of sp³-hybridized carbons (Fsp3) is 0.188. The van der Waals surface area contributed by atoms with Gasteiger partial charge in [0.2, 0.25) is 0 Å². The first-order valence-corrected chi connectivity index (χ1v) is 7.79. The van der Waals surface area contributed by atoms with Crippen molar-refractivity contribution in [1.29, 1.82) is 0 Å². The van der Waals surface area contributed by atoms with Gasteiger partial charge >= 0.3 is 0 Å². The van der Waals surface area contributed by atoms with E-state index in [-0.39, 0.29) is 27.4 Å². The molecule has 0 unspecified atom stereocenters. The number of nitrogens with zero attached hydrogens (tertiary/aromatic N) is 2. The summed E-state index contributed by atoms with van der Waals surface area (Å²) in [6, 6.07) is 5.87. The van der Waals surface area contributed by atoms with E-state index in [1.54, 1.807) is 12.3 Å². The first-order valence-electron chi connectivity index (χ1n) is 7.04. The van der Waals surface area contributed by atoms with Gasteiger partial charge in [-0.05, 0) is 43.7 Å². The number of rotatable bonds is 4. The largest absolute Gasteiger partial charge is 0.505 e. The number of hydrogen-bond donors (Lipinski definition) is 2. The van der Waals surface area contributed by atoms with Gasteiger partial charge in [-0.2, -0.15) is 5.10 Å². The molecule has 1 amide bonds. The number of carbonyl (C=O) groups is 1. The smallest absolute Gasteiger partial charge is 0.276 e. The van der Waals surface area contributed by atoms with Gasteiger partial charge in [-0.25, -0.2) is 5.43 Å². The van der Waals surface area contributed by atoms with Gasteiger partial charge in [-0.15, -0.1) is 0 Å². The highest BCUT2D eigenvalue weighted by molar-refractivity contribution is 6.37. The summed E-state index contributed by atoms with van der Waals surface area (Å²) in [6.07, 6.45) is 2.92. The summed E-state index contributed by atoms with van der Waals surface area (Å²) in [4.78, 5) is 24.3. The molecule has 0 aliphatic rings. The molecule has 0 saturated carbocycles. The summed E-state index contributed by atoms with van der Waals surface area (Å²) in [5.41, 5.74) is 2.36. The van der Waals surface area contributed by atoms with Crippen LogP contribution in [0.25, 0.3) is 0 Å². The molecule has 0 fully saturated rings. The lowest BCUT2D eigenvalue weighted by atomic mass is 10.2. The molecular weight excluding hydrogens is 353 g/mol. The number of nitrogens with one attached hydrogen (secondary N) is 1. The van der Waals surface area contributed by atoms with E-state index in [0.29, 0.717) is 5.56 Å². The number of hydrazone groups is 1. The van der Waals surface area contributed by atoms with E-state index in [9.17, 15) is 14.7 Å². The molecule has 6 nitrogen and oxygen atoms in total. The predicted molar refractivity (Wildman–Crippen MR) is 94.3 cm³/mol. The monoisotopic (exact) mass is 367 g/mol. The summed E-state index contributed by atoms with van der Waals surface area (Å²) in [5.74, 6) is -0.847. The third-order valence-corrected chi connectivity index (χ3v) is 3.77. The van der Waals surface area contributed by atoms with Crippen molar-refractivity contribution in [2.45, 2.75) is 19.9 Å². The van der Waals surface area contributed by atoms with Crippen LogP contribution in [-0.4, -0.2) is 21.8 Å². The molecule has 126 valence electrons. The minimum absolute atomic E-state index is 0.00915. The lowest BCUT2D eigenvalue weighted by molar-refractivity contribution is 0.0953. The summed E-state index contributed by atoms with van der Waals surface area (Å²) in [7, 11) is 0. The van der Waals surface area contributed by atoms with Gasteiger partial charge in [0.1, 0.15) is 5.56 Å². The number of halogens is 2. The van der Waals surface area contributed by atoms with Gasteiger partial charge in [0.25, 0.3) is 11.5 Å². The number of phenolic OH excluding ortho intramolecular Hbond substituents is 1. The number of phenols is 1. The Bertz CT molecular complexity index is 837. The zero-order valence-corrected chi connectivity index (χ0v) is 14.5. The zero-order valence-electron chi connectivity index (χ0n) is 13.0. The summed E-state index contributed by atoms with van der Waals surface area (Å²) < 4.78 is 1.46. The standard InChI is InChI=1S/C16H15Cl2N3O3/c1-9(2)21-5-3-4-11(16(21)24)15(23)20-19-8-10-6-12(17)14(22)13(18)7-10/h3-9,22H,1-2H3,(H,20,23)/b19-8-. The number of carbonyl (C=O) groups excluding carboxylic acids is 1. The average Bonchev–Trinajstić information content (AvgIpc) is 2.52. The average molecular weight is 368 g/mol. The SMILES string of the molecule is CC(C)n1cccc(C(=O)N/N=C\c2cc(Cl)c(O)c(Cl)c2)c1=O. The molecule has 2 N–H and O–H groups in total. The molecule has 2 aromatic rings. The van der Waals surface area contributed by atoms with Crippen LogP contribution in [0.3, 0.4) is 0 Å². The van der Waals surface area contributed by atoms with Crippen LogP contribution in [0.2, 0.25) is 10.0 Å². The molecule has 8 heteroatoms. The Balaban J connectivity index is 2.17. The molecule has 0 radical (unpaired) electrons. The summed E-state index contributed by atoms with van der Waals surface area (Å²) in [5, 5.41) is 13.4. The van der Waals surface area contributed by atoms with E-state index in [0.717, 1.165) is 0 Å². The molecule has 0 saturated heterocycles. The zero-order chi connectivity index (χ0) is 17.9. The normalized spacial score (nSPS) is 11.2. The Morgan fingerprint density at radius 3 is 2.54 bits per heavy atom. The Kier molecular flexibility index (Phi) is 5.64. The van der Waals surface area contributed by atoms with Gasteiger partial charge in [0, 0.05) is 12.2 Å². The minimum atomic E-state index is -0.623. The molecule has 2 rings (SSSR count). The molecule has 0 bridgehead atoms. The highest BCUT2D eigenvalue weighted by Crippen LogP contribution is 2.32. The van der Waals surface area contributed by atoms with Gasteiger partial charge in [-0.3, -0.25) is 9.59 Å². The molecule has 1 aromatic heterocycles. The van der Waals surface area contributed by atoms with Crippen molar-refractivity contribution in [3.05, 3.63) is 62.0 Å². The van der Waals surface area contributed by atoms with Crippen molar-refractivity contribution >= 4 is 35.3 Å². The molecular formula is C16H15Cl2N3O3. The van der Waals surface area contributed by atoms with Crippen molar-refractivity contribution in [1.82, 2.24) is 9.99 Å². The van der Waals surface area contributed by atoms with Gasteiger partial charge in [0.05, 0.1) is 16.3 Å². The van der Waals surface area contributed by atoms with Crippen molar-refractivity contribution in [2.24, 2.45) is 5.10 Å². The number of benzene rings is 1. The van der Waals surface area contributed by atoms with Crippen LogP contribution in [0.4, 0.5) is 0 Å². The number of aromatic hydroxyl groups is 1. The number of amides is 1. The third kappa shape index (κ3) is 3.96. The minimum Gasteiger partial charge on any atom is -0.505 e. The molecule has 1 heterocycles. The van der Waals surface area contributed by atoms with Crippen LogP contribution >= 0.6 is 23.2 Å². The lowest BCUT2D eigenvalue weighted by Gasteiger charge is -2.10. The van der Waals surface area contributed by atoms with E-state index >= 15 is 0 Å². The number of pyridine rings is 1. The topological polar surface area (TPSA) is 83.7 Å². The summed E-state index contributed by atoms with van der Waals surface area (Å²) in [6.45, 7) is 3.69. The van der Waals surface area contributed by atoms with Crippen LogP contribution in [-0.2, 0) is 0 Å². The van der Waals surface area contributed by atoms with Crippen LogP contribution < -0.4 is 11.0 Å². The second kappa shape index (κ2) is 7.51. The summed E-state index contributed by atoms with van der Waals surface area (Å²) >= 11 is 11.6. The fourth-order valence-corrected chi connectivity index (χ4v) is 2.48. The lowest BCUT2D eigenvalue weighted by Crippen LogP contribution is -2.31. The van der Waals surface area contributed by atoms with E-state index < -0.39 is 11.5 Å². The Hall–Kier alpha value is -2.31. The van der Waals surface area contributed by atoms with Crippen LogP contribution in [0.15, 0.2) is 40.4 Å². The maximum atomic E-state index is 12.2. The maximum absolute atomic E-state index is 12.2. The van der Waals surface area contributed by atoms with E-state index in [1.165, 1.54) is 29.0 Å². The third-order valence-electron chi connectivity index (χ3n) is 3.19. The highest BCUT2D eigenvalue weighted by atomic mass is 35.5. The van der Waals surface area contributed by atoms with Crippen molar-refractivity contribution < 1.29 is 9.90 Å². The Morgan fingerprint density at radius 1 is 1.33 bits per heavy atom. The Labute approximate surface area is 148 Å². The number of hydrogen-bond acceptors (Lipinski definition) is 4. The highest BCUT2D eigenvalue weighted by Gasteiger charge is 2.12. The van der Waals surface area contributed by atoms with Crippen molar-refractivity contribution in [3.8, 4) is 5.75 Å². The van der Waals surface area contributed by atoms with Crippen molar-refractivity contribution in [3.63, 3.8) is 0 Å². The number of aromatic nitrogens is 1. The maximum Gasteiger partial charge on any atom is 0.276 e. The molecule has 0 spiro atoms. The van der Waals surface area contributed by atoms with Crippen molar-refractivity contribution in [2.75, 3.05) is 0 Å². The second-order valence-electron chi connectivity index (χ2n) is 5.26. The van der Waals surface area contributed by atoms with E-state index in [4.69, 9.17) is 23.2 Å². The molecule has 0 aliphatic heterocycles. The van der Waals surface area contributed by atoms with E-state index in [2.05, 4.69) is 10.5 Å². The first-order chi connectivity index (χ1) is 11.3. The van der Waals surface area contributed by atoms with Crippen LogP contribution in [0, 0.1) is 0 Å². The van der Waals surface area contributed by atoms with Gasteiger partial charge in [0.15, 0.2) is 5.75 Å². The first kappa shape index (κ1) is 18.0. The molecule has 1 aromatic carbocycles. The molecule has 0 atom stereocenters. The van der Waals surface area contributed by atoms with E-state index in [1.807, 2.05) is 13.8 Å². The predicted octanol–water partition coefficient (Wildman–Crippen LogP) is 3.21. The fourth-order valence-electron chi connectivity index (χ4n) is 1.97.